The average Bonchev–Trinajstić information content (AvgIpc) is 2.92. The molecule has 0 aliphatic carbocycles. The van der Waals surface area contributed by atoms with Crippen molar-refractivity contribution in [2.75, 3.05) is 6.79 Å². The lowest BCUT2D eigenvalue weighted by molar-refractivity contribution is 0.174. The molecule has 1 aliphatic rings. The molecule has 0 saturated heterocycles. The Morgan fingerprint density at radius 1 is 1.24 bits per heavy atom. The molecule has 1 aliphatic heterocycles. The van der Waals surface area contributed by atoms with Gasteiger partial charge in [0.25, 0.3) is 0 Å². The summed E-state index contributed by atoms with van der Waals surface area (Å²) in [6.07, 6.45) is 0. The molecule has 2 aromatic carbocycles. The topological polar surface area (TPSA) is 30.5 Å². The number of hydrogen-bond donors (Lipinski definition) is 1. The fourth-order valence-corrected chi connectivity index (χ4v) is 2.76. The molecule has 3 rings (SSSR count). The summed E-state index contributed by atoms with van der Waals surface area (Å²) >= 11 is 3.52. The van der Waals surface area contributed by atoms with Crippen molar-refractivity contribution in [2.45, 2.75) is 19.5 Å². The molecule has 0 saturated carbocycles. The summed E-state index contributed by atoms with van der Waals surface area (Å²) in [5.41, 5.74) is 1.71. The van der Waals surface area contributed by atoms with Crippen LogP contribution in [0.3, 0.4) is 0 Å². The third kappa shape index (κ3) is 3.04. The van der Waals surface area contributed by atoms with Gasteiger partial charge in [-0.3, -0.25) is 0 Å². The van der Waals surface area contributed by atoms with E-state index in [-0.39, 0.29) is 18.7 Å². The van der Waals surface area contributed by atoms with E-state index in [9.17, 15) is 4.39 Å². The predicted molar refractivity (Wildman–Crippen MR) is 81.9 cm³/mol. The van der Waals surface area contributed by atoms with Crippen molar-refractivity contribution in [3.05, 3.63) is 57.8 Å². The van der Waals surface area contributed by atoms with Gasteiger partial charge in [-0.05, 0) is 30.7 Å². The van der Waals surface area contributed by atoms with Crippen LogP contribution in [-0.2, 0) is 6.54 Å². The third-order valence-electron chi connectivity index (χ3n) is 3.51. The van der Waals surface area contributed by atoms with Gasteiger partial charge in [-0.15, -0.1) is 0 Å². The number of ether oxygens (including phenoxy) is 2. The molecule has 0 fully saturated rings. The Balaban J connectivity index is 1.72. The zero-order valence-corrected chi connectivity index (χ0v) is 13.1. The van der Waals surface area contributed by atoms with Gasteiger partial charge in [-0.2, -0.15) is 0 Å². The molecule has 1 unspecified atom stereocenters. The van der Waals surface area contributed by atoms with Gasteiger partial charge in [0, 0.05) is 22.6 Å². The second kappa shape index (κ2) is 6.03. The van der Waals surface area contributed by atoms with Gasteiger partial charge in [-0.1, -0.05) is 34.1 Å². The lowest BCUT2D eigenvalue weighted by atomic mass is 10.1. The van der Waals surface area contributed by atoms with Gasteiger partial charge in [0.15, 0.2) is 11.5 Å². The summed E-state index contributed by atoms with van der Waals surface area (Å²) in [6.45, 7) is 2.80. The van der Waals surface area contributed by atoms with E-state index in [1.165, 1.54) is 6.07 Å². The predicted octanol–water partition coefficient (Wildman–Crippen LogP) is 4.17. The first kappa shape index (κ1) is 14.4. The number of nitrogens with one attached hydrogen (secondary N) is 1. The van der Waals surface area contributed by atoms with Crippen molar-refractivity contribution in [3.8, 4) is 11.5 Å². The van der Waals surface area contributed by atoms with Crippen molar-refractivity contribution in [2.24, 2.45) is 0 Å². The molecule has 0 bridgehead atoms. The molecule has 1 atom stereocenters. The van der Waals surface area contributed by atoms with E-state index in [2.05, 4.69) is 21.2 Å². The molecule has 1 heterocycles. The molecule has 5 heteroatoms. The summed E-state index contributed by atoms with van der Waals surface area (Å²) in [6, 6.07) is 10.6. The van der Waals surface area contributed by atoms with Gasteiger partial charge in [-0.25, -0.2) is 4.39 Å². The second-order valence-electron chi connectivity index (χ2n) is 4.92. The number of halogens is 2. The van der Waals surface area contributed by atoms with Crippen molar-refractivity contribution in [3.63, 3.8) is 0 Å². The smallest absolute Gasteiger partial charge is 0.231 e. The van der Waals surface area contributed by atoms with Crippen LogP contribution >= 0.6 is 15.9 Å². The van der Waals surface area contributed by atoms with E-state index in [0.717, 1.165) is 21.5 Å². The molecule has 110 valence electrons. The minimum Gasteiger partial charge on any atom is -0.454 e. The van der Waals surface area contributed by atoms with Crippen LogP contribution in [0.2, 0.25) is 0 Å². The van der Waals surface area contributed by atoms with E-state index in [0.29, 0.717) is 12.1 Å². The van der Waals surface area contributed by atoms with Crippen LogP contribution in [0.4, 0.5) is 4.39 Å². The lowest BCUT2D eigenvalue weighted by Crippen LogP contribution is -2.19. The summed E-state index contributed by atoms with van der Waals surface area (Å²) < 4.78 is 25.4. The maximum atomic E-state index is 13.7. The maximum absolute atomic E-state index is 13.7. The third-order valence-corrected chi connectivity index (χ3v) is 4.25. The first-order valence-corrected chi connectivity index (χ1v) is 7.50. The average molecular weight is 352 g/mol. The van der Waals surface area contributed by atoms with Gasteiger partial charge < -0.3 is 14.8 Å². The standard InChI is InChI=1S/C16H15BrFNO2/c1-10(12-4-2-3-5-14(12)18)19-8-11-6-15-16(7-13(11)17)21-9-20-15/h2-7,10,19H,8-9H2,1H3. The summed E-state index contributed by atoms with van der Waals surface area (Å²) in [7, 11) is 0. The minimum atomic E-state index is -0.192. The molecule has 2 aromatic rings. The Morgan fingerprint density at radius 3 is 2.71 bits per heavy atom. The van der Waals surface area contributed by atoms with Crippen LogP contribution < -0.4 is 14.8 Å². The monoisotopic (exact) mass is 351 g/mol. The van der Waals surface area contributed by atoms with Crippen LogP contribution in [0.1, 0.15) is 24.1 Å². The molecular formula is C16H15BrFNO2. The molecule has 0 amide bonds. The molecule has 3 nitrogen and oxygen atoms in total. The Hall–Kier alpha value is -1.59. The second-order valence-corrected chi connectivity index (χ2v) is 5.78. The highest BCUT2D eigenvalue weighted by Gasteiger charge is 2.17. The number of rotatable bonds is 4. The number of hydrogen-bond acceptors (Lipinski definition) is 3. The van der Waals surface area contributed by atoms with Crippen LogP contribution in [0, 0.1) is 5.82 Å². The summed E-state index contributed by atoms with van der Waals surface area (Å²) in [5, 5.41) is 3.32. The van der Waals surface area contributed by atoms with E-state index in [4.69, 9.17) is 9.47 Å². The first-order valence-electron chi connectivity index (χ1n) is 6.71. The molecule has 0 aromatic heterocycles. The van der Waals surface area contributed by atoms with E-state index in [1.807, 2.05) is 25.1 Å². The molecular weight excluding hydrogens is 337 g/mol. The van der Waals surface area contributed by atoms with Crippen LogP contribution in [-0.4, -0.2) is 6.79 Å². The summed E-state index contributed by atoms with van der Waals surface area (Å²) in [4.78, 5) is 0. The van der Waals surface area contributed by atoms with E-state index < -0.39 is 0 Å². The Bertz CT molecular complexity index is 663. The first-order chi connectivity index (χ1) is 10.1. The van der Waals surface area contributed by atoms with E-state index >= 15 is 0 Å². The molecule has 1 N–H and O–H groups in total. The van der Waals surface area contributed by atoms with Crippen molar-refractivity contribution in [1.82, 2.24) is 5.32 Å². The lowest BCUT2D eigenvalue weighted by Gasteiger charge is -2.16. The van der Waals surface area contributed by atoms with Crippen LogP contribution in [0.25, 0.3) is 0 Å². The van der Waals surface area contributed by atoms with Crippen molar-refractivity contribution < 1.29 is 13.9 Å². The Kier molecular flexibility index (Phi) is 4.12. The van der Waals surface area contributed by atoms with Gasteiger partial charge >= 0.3 is 0 Å². The van der Waals surface area contributed by atoms with Crippen LogP contribution in [0.15, 0.2) is 40.9 Å². The Morgan fingerprint density at radius 2 is 1.95 bits per heavy atom. The largest absolute Gasteiger partial charge is 0.454 e. The molecule has 0 radical (unpaired) electrons. The highest BCUT2D eigenvalue weighted by atomic mass is 79.9. The number of fused-ring (bicyclic) bond motifs is 1. The van der Waals surface area contributed by atoms with Crippen molar-refractivity contribution in [1.29, 1.82) is 0 Å². The zero-order valence-electron chi connectivity index (χ0n) is 11.5. The van der Waals surface area contributed by atoms with E-state index in [1.54, 1.807) is 12.1 Å². The van der Waals surface area contributed by atoms with Gasteiger partial charge in [0.1, 0.15) is 5.82 Å². The van der Waals surface area contributed by atoms with Crippen molar-refractivity contribution >= 4 is 15.9 Å². The van der Waals surface area contributed by atoms with Crippen LogP contribution in [0.5, 0.6) is 11.5 Å². The van der Waals surface area contributed by atoms with Gasteiger partial charge in [0.2, 0.25) is 6.79 Å². The normalized spacial score (nSPS) is 14.2. The minimum absolute atomic E-state index is 0.0801. The highest BCUT2D eigenvalue weighted by Crippen LogP contribution is 2.37. The maximum Gasteiger partial charge on any atom is 0.231 e. The number of benzene rings is 2. The fourth-order valence-electron chi connectivity index (χ4n) is 2.29. The molecule has 21 heavy (non-hydrogen) atoms. The Labute approximate surface area is 131 Å². The summed E-state index contributed by atoms with van der Waals surface area (Å²) in [5.74, 6) is 1.29. The zero-order chi connectivity index (χ0) is 14.8. The fraction of sp³-hybridized carbons (Fsp3) is 0.250. The van der Waals surface area contributed by atoms with Gasteiger partial charge in [0.05, 0.1) is 0 Å². The highest BCUT2D eigenvalue weighted by molar-refractivity contribution is 9.10. The molecule has 0 spiro atoms. The SMILES string of the molecule is CC(NCc1cc2c(cc1Br)OCO2)c1ccccc1F. The quantitative estimate of drug-likeness (QED) is 0.896.